The van der Waals surface area contributed by atoms with Crippen molar-refractivity contribution in [1.82, 2.24) is 5.32 Å². The van der Waals surface area contributed by atoms with Crippen LogP contribution in [0.4, 0.5) is 10.5 Å². The lowest BCUT2D eigenvalue weighted by Crippen LogP contribution is -2.35. The van der Waals surface area contributed by atoms with Gasteiger partial charge < -0.3 is 20.1 Å². The van der Waals surface area contributed by atoms with Crippen LogP contribution in [0.1, 0.15) is 65.9 Å². The molecule has 0 bridgehead atoms. The molecule has 28 heavy (non-hydrogen) atoms. The molecule has 1 aromatic carbocycles. The van der Waals surface area contributed by atoms with E-state index in [1.807, 2.05) is 24.3 Å². The number of carbonyl (C=O) groups is 3. The standard InChI is InChI=1S/C21H32N2O5/c1-7-14(2)16-10-8-9-11-17(16)23-19(25)15(3)27-18(24)12-13-22-20(26)28-21(4,5)6/h8-11,14-15H,7,12-13H2,1-6H3,(H,22,26)(H,23,25)/t14-,15+/m1/s1. The highest BCUT2D eigenvalue weighted by molar-refractivity contribution is 5.95. The maximum atomic E-state index is 12.4. The number of rotatable bonds is 8. The van der Waals surface area contributed by atoms with Crippen LogP contribution in [0.15, 0.2) is 24.3 Å². The van der Waals surface area contributed by atoms with Gasteiger partial charge in [0, 0.05) is 12.2 Å². The van der Waals surface area contributed by atoms with E-state index in [-0.39, 0.29) is 13.0 Å². The van der Waals surface area contributed by atoms with Gasteiger partial charge in [0.1, 0.15) is 5.60 Å². The first kappa shape index (κ1) is 23.5. The summed E-state index contributed by atoms with van der Waals surface area (Å²) in [5.41, 5.74) is 1.15. The number of alkyl carbamates (subject to hydrolysis) is 1. The van der Waals surface area contributed by atoms with Crippen molar-refractivity contribution in [2.24, 2.45) is 0 Å². The number of hydrogen-bond acceptors (Lipinski definition) is 5. The molecule has 0 saturated carbocycles. The zero-order chi connectivity index (χ0) is 21.3. The van der Waals surface area contributed by atoms with Gasteiger partial charge in [0.25, 0.3) is 5.91 Å². The number of nitrogens with one attached hydrogen (secondary N) is 2. The highest BCUT2D eigenvalue weighted by atomic mass is 16.6. The topological polar surface area (TPSA) is 93.7 Å². The molecule has 0 aliphatic carbocycles. The van der Waals surface area contributed by atoms with Crippen LogP contribution >= 0.6 is 0 Å². The Morgan fingerprint density at radius 2 is 1.75 bits per heavy atom. The van der Waals surface area contributed by atoms with Crippen LogP contribution in [0, 0.1) is 0 Å². The zero-order valence-electron chi connectivity index (χ0n) is 17.6. The Morgan fingerprint density at radius 1 is 1.11 bits per heavy atom. The summed E-state index contributed by atoms with van der Waals surface area (Å²) >= 11 is 0. The smallest absolute Gasteiger partial charge is 0.407 e. The molecule has 1 aromatic rings. The fraction of sp³-hybridized carbons (Fsp3) is 0.571. The Hall–Kier alpha value is -2.57. The van der Waals surface area contributed by atoms with E-state index >= 15 is 0 Å². The van der Waals surface area contributed by atoms with Gasteiger partial charge in [-0.25, -0.2) is 4.79 Å². The molecule has 0 heterocycles. The maximum Gasteiger partial charge on any atom is 0.407 e. The van der Waals surface area contributed by atoms with Gasteiger partial charge in [-0.3, -0.25) is 9.59 Å². The summed E-state index contributed by atoms with van der Waals surface area (Å²) in [7, 11) is 0. The molecule has 0 saturated heterocycles. The average Bonchev–Trinajstić information content (AvgIpc) is 2.59. The van der Waals surface area contributed by atoms with Crippen LogP contribution in [-0.4, -0.2) is 36.2 Å². The summed E-state index contributed by atoms with van der Waals surface area (Å²) in [6.45, 7) is 11.0. The third-order valence-electron chi connectivity index (χ3n) is 4.04. The minimum atomic E-state index is -0.945. The van der Waals surface area contributed by atoms with Crippen molar-refractivity contribution in [2.75, 3.05) is 11.9 Å². The molecule has 0 aliphatic rings. The first-order valence-electron chi connectivity index (χ1n) is 9.59. The number of benzene rings is 1. The number of ether oxygens (including phenoxy) is 2. The average molecular weight is 392 g/mol. The molecule has 2 amide bonds. The zero-order valence-corrected chi connectivity index (χ0v) is 17.6. The monoisotopic (exact) mass is 392 g/mol. The number of hydrogen-bond donors (Lipinski definition) is 2. The first-order valence-corrected chi connectivity index (χ1v) is 9.59. The second-order valence-electron chi connectivity index (χ2n) is 7.70. The van der Waals surface area contributed by atoms with Gasteiger partial charge in [-0.2, -0.15) is 0 Å². The molecule has 0 aromatic heterocycles. The van der Waals surface area contributed by atoms with Crippen LogP contribution < -0.4 is 10.6 Å². The summed E-state index contributed by atoms with van der Waals surface area (Å²) in [5.74, 6) is -0.675. The fourth-order valence-corrected chi connectivity index (χ4v) is 2.39. The van der Waals surface area contributed by atoms with Crippen LogP contribution in [0.25, 0.3) is 0 Å². The number of amides is 2. The molecule has 2 atom stereocenters. The quantitative estimate of drug-likeness (QED) is 0.653. The predicted octanol–water partition coefficient (Wildman–Crippen LogP) is 3.99. The molecule has 2 N–H and O–H groups in total. The molecule has 0 fully saturated rings. The normalized spacial score (nSPS) is 13.2. The highest BCUT2D eigenvalue weighted by Crippen LogP contribution is 2.26. The van der Waals surface area contributed by atoms with Gasteiger partial charge >= 0.3 is 12.1 Å². The molecule has 0 spiro atoms. The highest BCUT2D eigenvalue weighted by Gasteiger charge is 2.20. The second-order valence-corrected chi connectivity index (χ2v) is 7.70. The summed E-state index contributed by atoms with van der Waals surface area (Å²) in [6, 6.07) is 7.58. The molecule has 0 aliphatic heterocycles. The maximum absolute atomic E-state index is 12.4. The molecular weight excluding hydrogens is 360 g/mol. The fourth-order valence-electron chi connectivity index (χ4n) is 2.39. The Bertz CT molecular complexity index is 682. The Labute approximate surface area is 167 Å². The first-order chi connectivity index (χ1) is 13.0. The van der Waals surface area contributed by atoms with Gasteiger partial charge in [0.2, 0.25) is 0 Å². The Balaban J connectivity index is 2.48. The molecule has 7 nitrogen and oxygen atoms in total. The van der Waals surface area contributed by atoms with Crippen molar-refractivity contribution in [2.45, 2.75) is 72.0 Å². The number of anilines is 1. The third kappa shape index (κ3) is 8.41. The van der Waals surface area contributed by atoms with E-state index in [9.17, 15) is 14.4 Å². The van der Waals surface area contributed by atoms with E-state index in [1.165, 1.54) is 6.92 Å². The Kier molecular flexibility index (Phi) is 8.96. The van der Waals surface area contributed by atoms with Crippen molar-refractivity contribution in [1.29, 1.82) is 0 Å². The second kappa shape index (κ2) is 10.7. The molecule has 0 unspecified atom stereocenters. The largest absolute Gasteiger partial charge is 0.452 e. The lowest BCUT2D eigenvalue weighted by molar-refractivity contribution is -0.153. The van der Waals surface area contributed by atoms with Gasteiger partial charge in [0.05, 0.1) is 6.42 Å². The number of para-hydroxylation sites is 1. The van der Waals surface area contributed by atoms with Gasteiger partial charge in [-0.1, -0.05) is 32.0 Å². The third-order valence-corrected chi connectivity index (χ3v) is 4.04. The lowest BCUT2D eigenvalue weighted by atomic mass is 9.97. The van der Waals surface area contributed by atoms with Crippen molar-refractivity contribution in [3.8, 4) is 0 Å². The molecule has 0 radical (unpaired) electrons. The van der Waals surface area contributed by atoms with Crippen LogP contribution in [0.3, 0.4) is 0 Å². The molecule has 1 rings (SSSR count). The van der Waals surface area contributed by atoms with Crippen molar-refractivity contribution in [3.63, 3.8) is 0 Å². The van der Waals surface area contributed by atoms with E-state index in [2.05, 4.69) is 24.5 Å². The van der Waals surface area contributed by atoms with E-state index in [1.54, 1.807) is 20.8 Å². The van der Waals surface area contributed by atoms with Gasteiger partial charge in [-0.05, 0) is 51.7 Å². The molecule has 156 valence electrons. The van der Waals surface area contributed by atoms with Crippen LogP contribution in [0.2, 0.25) is 0 Å². The molecule has 7 heteroatoms. The summed E-state index contributed by atoms with van der Waals surface area (Å²) in [5, 5.41) is 5.30. The lowest BCUT2D eigenvalue weighted by Gasteiger charge is -2.20. The van der Waals surface area contributed by atoms with Gasteiger partial charge in [-0.15, -0.1) is 0 Å². The summed E-state index contributed by atoms with van der Waals surface area (Å²) in [4.78, 5) is 35.8. The van der Waals surface area contributed by atoms with E-state index in [4.69, 9.17) is 9.47 Å². The summed E-state index contributed by atoms with van der Waals surface area (Å²) < 4.78 is 10.2. The molecular formula is C21H32N2O5. The van der Waals surface area contributed by atoms with Crippen LogP contribution in [-0.2, 0) is 19.1 Å². The summed E-state index contributed by atoms with van der Waals surface area (Å²) in [6.07, 6.45) is -0.658. The number of carbonyl (C=O) groups excluding carboxylic acids is 3. The van der Waals surface area contributed by atoms with Crippen LogP contribution in [0.5, 0.6) is 0 Å². The van der Waals surface area contributed by atoms with E-state index < -0.39 is 29.7 Å². The van der Waals surface area contributed by atoms with Crippen molar-refractivity contribution < 1.29 is 23.9 Å². The SMILES string of the molecule is CC[C@@H](C)c1ccccc1NC(=O)[C@H](C)OC(=O)CCNC(=O)OC(C)(C)C. The predicted molar refractivity (Wildman–Crippen MR) is 108 cm³/mol. The van der Waals surface area contributed by atoms with Gasteiger partial charge in [0.15, 0.2) is 6.10 Å². The minimum Gasteiger partial charge on any atom is -0.452 e. The van der Waals surface area contributed by atoms with E-state index in [0.717, 1.165) is 17.7 Å². The number of esters is 1. The Morgan fingerprint density at radius 3 is 2.36 bits per heavy atom. The van der Waals surface area contributed by atoms with Crippen molar-refractivity contribution >= 4 is 23.7 Å². The van der Waals surface area contributed by atoms with E-state index in [0.29, 0.717) is 5.92 Å². The minimum absolute atomic E-state index is 0.0552. The van der Waals surface area contributed by atoms with Crippen molar-refractivity contribution in [3.05, 3.63) is 29.8 Å².